The molecular weight excluding hydrogens is 318 g/mol. The molecule has 25 heavy (non-hydrogen) atoms. The third kappa shape index (κ3) is 4.12. The van der Waals surface area contributed by atoms with Gasteiger partial charge in [-0.15, -0.1) is 0 Å². The molecule has 0 heterocycles. The number of allylic oxidation sites excluding steroid dienone is 1. The highest BCUT2D eigenvalue weighted by atomic mass is 16.5. The first-order valence-electron chi connectivity index (χ1n) is 7.88. The fourth-order valence-corrected chi connectivity index (χ4v) is 2.67. The van der Waals surface area contributed by atoms with Crippen LogP contribution in [0.5, 0.6) is 17.2 Å². The Morgan fingerprint density at radius 3 is 1.96 bits per heavy atom. The van der Waals surface area contributed by atoms with Gasteiger partial charge in [-0.05, 0) is 47.9 Å². The van der Waals surface area contributed by atoms with Gasteiger partial charge in [-0.3, -0.25) is 4.79 Å². The van der Waals surface area contributed by atoms with Crippen LogP contribution in [0.2, 0.25) is 0 Å². The maximum atomic E-state index is 11.4. The zero-order valence-corrected chi connectivity index (χ0v) is 15.2. The summed E-state index contributed by atoms with van der Waals surface area (Å²) in [6.07, 6.45) is 2.01. The molecule has 1 N–H and O–H groups in total. The summed E-state index contributed by atoms with van der Waals surface area (Å²) >= 11 is 0. The molecule has 0 aromatic heterocycles. The number of carbonyl (C=O) groups is 1. The van der Waals surface area contributed by atoms with Crippen LogP contribution in [0.15, 0.2) is 42.5 Å². The Labute approximate surface area is 148 Å². The molecule has 5 heteroatoms. The van der Waals surface area contributed by atoms with E-state index in [4.69, 9.17) is 14.2 Å². The van der Waals surface area contributed by atoms with Crippen molar-refractivity contribution in [2.45, 2.75) is 13.8 Å². The highest BCUT2D eigenvalue weighted by Gasteiger charge is 2.12. The third-order valence-corrected chi connectivity index (χ3v) is 3.80. The van der Waals surface area contributed by atoms with Gasteiger partial charge in [0.05, 0.1) is 27.0 Å². The van der Waals surface area contributed by atoms with Gasteiger partial charge in [0.15, 0.2) is 11.5 Å². The predicted molar refractivity (Wildman–Crippen MR) is 99.6 cm³/mol. The van der Waals surface area contributed by atoms with Gasteiger partial charge < -0.3 is 19.5 Å². The lowest BCUT2D eigenvalue weighted by Crippen LogP contribution is -2.07. The molecule has 0 bridgehead atoms. The Morgan fingerprint density at radius 1 is 0.880 bits per heavy atom. The van der Waals surface area contributed by atoms with E-state index in [1.807, 2.05) is 49.4 Å². The molecule has 5 nitrogen and oxygen atoms in total. The second-order valence-electron chi connectivity index (χ2n) is 5.37. The molecule has 0 spiro atoms. The summed E-state index contributed by atoms with van der Waals surface area (Å²) in [5, 5.41) is 2.80. The number of benzene rings is 2. The normalized spacial score (nSPS) is 11.0. The number of methoxy groups -OCH3 is 3. The number of ether oxygens (including phenoxy) is 3. The van der Waals surface area contributed by atoms with E-state index in [1.165, 1.54) is 6.92 Å². The molecule has 132 valence electrons. The highest BCUT2D eigenvalue weighted by Crippen LogP contribution is 2.35. The van der Waals surface area contributed by atoms with Crippen LogP contribution in [-0.2, 0) is 4.79 Å². The quantitative estimate of drug-likeness (QED) is 0.858. The van der Waals surface area contributed by atoms with Gasteiger partial charge in [0.1, 0.15) is 5.75 Å². The van der Waals surface area contributed by atoms with Crippen molar-refractivity contribution in [3.8, 4) is 17.2 Å². The Morgan fingerprint density at radius 2 is 1.44 bits per heavy atom. The van der Waals surface area contributed by atoms with Crippen molar-refractivity contribution in [2.75, 3.05) is 26.6 Å². The van der Waals surface area contributed by atoms with Crippen LogP contribution < -0.4 is 19.5 Å². The summed E-state index contributed by atoms with van der Waals surface area (Å²) in [5.74, 6) is 1.80. The molecule has 2 rings (SSSR count). The number of hydrogen-bond acceptors (Lipinski definition) is 4. The van der Waals surface area contributed by atoms with E-state index in [2.05, 4.69) is 5.32 Å². The molecule has 0 fully saturated rings. The highest BCUT2D eigenvalue weighted by molar-refractivity contribution is 5.92. The van der Waals surface area contributed by atoms with E-state index in [0.29, 0.717) is 22.9 Å². The fraction of sp³-hybridized carbons (Fsp3) is 0.250. The molecule has 0 aliphatic heterocycles. The summed E-state index contributed by atoms with van der Waals surface area (Å²) in [6, 6.07) is 11.5. The SMILES string of the molecule is C/C=C(\c1ccc(OC)c(NC(C)=O)c1)c1ccc(OC)c(OC)c1. The fourth-order valence-electron chi connectivity index (χ4n) is 2.67. The first-order chi connectivity index (χ1) is 12.0. The second kappa shape index (κ2) is 8.24. The molecule has 0 atom stereocenters. The summed E-state index contributed by atoms with van der Waals surface area (Å²) in [5.41, 5.74) is 3.58. The standard InChI is InChI=1S/C20H23NO4/c1-6-16(15-8-10-19(24-4)20(12-15)25-5)14-7-9-18(23-3)17(11-14)21-13(2)22/h6-12H,1-5H3,(H,21,22)/b16-6+. The molecule has 0 aliphatic rings. The zero-order valence-electron chi connectivity index (χ0n) is 15.2. The molecule has 1 amide bonds. The number of nitrogens with one attached hydrogen (secondary N) is 1. The number of anilines is 1. The number of rotatable bonds is 6. The maximum Gasteiger partial charge on any atom is 0.221 e. The van der Waals surface area contributed by atoms with Crippen molar-refractivity contribution in [1.29, 1.82) is 0 Å². The van der Waals surface area contributed by atoms with Crippen LogP contribution in [0, 0.1) is 0 Å². The monoisotopic (exact) mass is 341 g/mol. The average Bonchev–Trinajstić information content (AvgIpc) is 2.62. The lowest BCUT2D eigenvalue weighted by Gasteiger charge is -2.15. The Balaban J connectivity index is 2.49. The lowest BCUT2D eigenvalue weighted by molar-refractivity contribution is -0.114. The molecule has 0 unspecified atom stereocenters. The minimum atomic E-state index is -0.149. The minimum absolute atomic E-state index is 0.149. The summed E-state index contributed by atoms with van der Waals surface area (Å²) in [7, 11) is 4.79. The number of carbonyl (C=O) groups excluding carboxylic acids is 1. The molecular formula is C20H23NO4. The smallest absolute Gasteiger partial charge is 0.221 e. The third-order valence-electron chi connectivity index (χ3n) is 3.80. The summed E-state index contributed by atoms with van der Waals surface area (Å²) in [6.45, 7) is 3.44. The van der Waals surface area contributed by atoms with Gasteiger partial charge in [-0.1, -0.05) is 18.2 Å². The first-order valence-corrected chi connectivity index (χ1v) is 7.88. The molecule has 0 radical (unpaired) electrons. The van der Waals surface area contributed by atoms with Gasteiger partial charge >= 0.3 is 0 Å². The topological polar surface area (TPSA) is 56.8 Å². The number of hydrogen-bond donors (Lipinski definition) is 1. The van der Waals surface area contributed by atoms with Gasteiger partial charge in [0.25, 0.3) is 0 Å². The van der Waals surface area contributed by atoms with Gasteiger partial charge in [0, 0.05) is 6.92 Å². The van der Waals surface area contributed by atoms with Crippen LogP contribution in [0.3, 0.4) is 0 Å². The average molecular weight is 341 g/mol. The van der Waals surface area contributed by atoms with Crippen molar-refractivity contribution >= 4 is 17.2 Å². The summed E-state index contributed by atoms with van der Waals surface area (Å²) < 4.78 is 16.0. The zero-order chi connectivity index (χ0) is 18.4. The van der Waals surface area contributed by atoms with Gasteiger partial charge in [-0.2, -0.15) is 0 Å². The van der Waals surface area contributed by atoms with Crippen molar-refractivity contribution in [1.82, 2.24) is 0 Å². The van der Waals surface area contributed by atoms with E-state index >= 15 is 0 Å². The van der Waals surface area contributed by atoms with E-state index < -0.39 is 0 Å². The first kappa shape index (κ1) is 18.4. The minimum Gasteiger partial charge on any atom is -0.495 e. The lowest BCUT2D eigenvalue weighted by atomic mass is 9.96. The van der Waals surface area contributed by atoms with E-state index in [0.717, 1.165) is 16.7 Å². The van der Waals surface area contributed by atoms with Crippen LogP contribution in [0.25, 0.3) is 5.57 Å². The second-order valence-corrected chi connectivity index (χ2v) is 5.37. The number of amides is 1. The molecule has 0 aliphatic carbocycles. The van der Waals surface area contributed by atoms with Crippen LogP contribution in [0.1, 0.15) is 25.0 Å². The molecule has 0 saturated carbocycles. The molecule has 2 aromatic carbocycles. The largest absolute Gasteiger partial charge is 0.495 e. The van der Waals surface area contributed by atoms with Crippen molar-refractivity contribution in [3.63, 3.8) is 0 Å². The van der Waals surface area contributed by atoms with Crippen LogP contribution >= 0.6 is 0 Å². The van der Waals surface area contributed by atoms with Gasteiger partial charge in [-0.25, -0.2) is 0 Å². The van der Waals surface area contributed by atoms with Crippen molar-refractivity contribution in [3.05, 3.63) is 53.6 Å². The molecule has 2 aromatic rings. The Hall–Kier alpha value is -2.95. The van der Waals surface area contributed by atoms with Crippen LogP contribution in [0.4, 0.5) is 5.69 Å². The van der Waals surface area contributed by atoms with Crippen molar-refractivity contribution < 1.29 is 19.0 Å². The Bertz CT molecular complexity index is 796. The maximum absolute atomic E-state index is 11.4. The summed E-state index contributed by atoms with van der Waals surface area (Å²) in [4.78, 5) is 11.4. The molecule has 0 saturated heterocycles. The van der Waals surface area contributed by atoms with Gasteiger partial charge in [0.2, 0.25) is 5.91 Å². The van der Waals surface area contributed by atoms with E-state index in [1.54, 1.807) is 21.3 Å². The predicted octanol–water partition coefficient (Wildman–Crippen LogP) is 4.12. The van der Waals surface area contributed by atoms with E-state index in [-0.39, 0.29) is 5.91 Å². The Kier molecular flexibility index (Phi) is 6.06. The van der Waals surface area contributed by atoms with Crippen LogP contribution in [-0.4, -0.2) is 27.2 Å². The van der Waals surface area contributed by atoms with Crippen molar-refractivity contribution in [2.24, 2.45) is 0 Å². The van der Waals surface area contributed by atoms with E-state index in [9.17, 15) is 4.79 Å².